The molecule has 88 valence electrons. The Kier molecular flexibility index (Phi) is 1.51. The lowest BCUT2D eigenvalue weighted by atomic mass is 9.82. The quantitative estimate of drug-likeness (QED) is 0.821. The third-order valence-electron chi connectivity index (χ3n) is 3.16. The highest BCUT2D eigenvalue weighted by molar-refractivity contribution is 6.30. The number of fused-ring (bicyclic) bond motifs is 2. The molecule has 0 fully saturated rings. The molecule has 0 spiro atoms. The van der Waals surface area contributed by atoms with Gasteiger partial charge in [0.25, 0.3) is 0 Å². The first-order valence-electron chi connectivity index (χ1n) is 7.92. The third kappa shape index (κ3) is 1.67. The predicted molar refractivity (Wildman–Crippen MR) is 68.6 cm³/mol. The van der Waals surface area contributed by atoms with Gasteiger partial charge in [0.15, 0.2) is 0 Å². The van der Waals surface area contributed by atoms with Gasteiger partial charge >= 0.3 is 0 Å². The molecule has 2 aliphatic rings. The Morgan fingerprint density at radius 3 is 3.29 bits per heavy atom. The van der Waals surface area contributed by atoms with E-state index in [1.165, 1.54) is 6.07 Å². The zero-order valence-corrected chi connectivity index (χ0v) is 9.82. The molecule has 0 aromatic heterocycles. The van der Waals surface area contributed by atoms with Gasteiger partial charge in [-0.25, -0.2) is 0 Å². The van der Waals surface area contributed by atoms with Gasteiger partial charge in [-0.1, -0.05) is 17.6 Å². The Morgan fingerprint density at radius 2 is 2.53 bits per heavy atom. The second-order valence-electron chi connectivity index (χ2n) is 4.17. The van der Waals surface area contributed by atoms with Crippen molar-refractivity contribution in [3.05, 3.63) is 39.9 Å². The Balaban J connectivity index is 2.35. The van der Waals surface area contributed by atoms with Crippen molar-refractivity contribution in [2.45, 2.75) is 25.6 Å². The van der Waals surface area contributed by atoms with Crippen LogP contribution < -0.4 is 5.73 Å². The fourth-order valence-electron chi connectivity index (χ4n) is 2.41. The molecule has 1 aromatic rings. The summed E-state index contributed by atoms with van der Waals surface area (Å²) in [6, 6.07) is 1.37. The first kappa shape index (κ1) is 6.60. The van der Waals surface area contributed by atoms with Crippen molar-refractivity contribution in [3.63, 3.8) is 0 Å². The minimum Gasteiger partial charge on any atom is -0.369 e. The van der Waals surface area contributed by atoms with Crippen LogP contribution in [0.25, 0.3) is 5.57 Å². The van der Waals surface area contributed by atoms with Crippen LogP contribution in [0.1, 0.15) is 37.2 Å². The molecule has 0 heterocycles. The number of allylic oxidation sites excluding steroid dienone is 1. The van der Waals surface area contributed by atoms with Gasteiger partial charge in [-0.2, -0.15) is 0 Å². The van der Waals surface area contributed by atoms with Crippen LogP contribution in [0, 0.1) is 5.89 Å². The molecular weight excluding hydrogens is 234 g/mol. The molecule has 1 aromatic carbocycles. The number of amides is 1. The maximum absolute atomic E-state index is 11.8. The summed E-state index contributed by atoms with van der Waals surface area (Å²) in [6.45, 7) is 0. The lowest BCUT2D eigenvalue weighted by Gasteiger charge is -2.22. The second-order valence-corrected chi connectivity index (χ2v) is 4.57. The first-order valence-corrected chi connectivity index (χ1v) is 5.80. The number of primary amides is 1. The molecule has 0 radical (unpaired) electrons. The van der Waals surface area contributed by atoms with Crippen LogP contribution in [0.3, 0.4) is 0 Å². The summed E-state index contributed by atoms with van der Waals surface area (Å²) in [6.07, 6.45) is -1.71. The van der Waals surface area contributed by atoms with Crippen LogP contribution in [0.2, 0.25) is 5.02 Å². The zero-order valence-electron chi connectivity index (χ0n) is 14.1. The number of nitrogens with two attached hydrogens (primary N) is 1. The topological polar surface area (TPSA) is 43.1 Å². The lowest BCUT2D eigenvalue weighted by Crippen LogP contribution is -2.27. The SMILES string of the molecule is [2H]c1cc(Cl)c([2H])c2c1CC1=C2C([2H])([2H])CCC1([2H])C(N)=O. The van der Waals surface area contributed by atoms with E-state index in [1.807, 2.05) is 0 Å². The van der Waals surface area contributed by atoms with E-state index in [2.05, 4.69) is 0 Å². The van der Waals surface area contributed by atoms with Gasteiger partial charge in [-0.3, -0.25) is 4.79 Å². The molecule has 0 saturated carbocycles. The number of carbonyl (C=O) groups is 1. The van der Waals surface area contributed by atoms with E-state index in [0.29, 0.717) is 5.56 Å². The van der Waals surface area contributed by atoms with Gasteiger partial charge in [0.1, 0.15) is 0 Å². The van der Waals surface area contributed by atoms with Crippen LogP contribution in [0.15, 0.2) is 23.7 Å². The fraction of sp³-hybridized carbons (Fsp3) is 0.357. The normalized spacial score (nSPS) is 33.8. The molecule has 1 unspecified atom stereocenters. The molecule has 3 heteroatoms. The van der Waals surface area contributed by atoms with Gasteiger partial charge in [0.05, 0.1) is 8.64 Å². The first-order chi connectivity index (χ1) is 10.1. The van der Waals surface area contributed by atoms with Gasteiger partial charge in [-0.05, 0) is 60.0 Å². The van der Waals surface area contributed by atoms with Crippen LogP contribution in [0.4, 0.5) is 0 Å². The second kappa shape index (κ2) is 3.88. The van der Waals surface area contributed by atoms with E-state index < -0.39 is 18.2 Å². The molecule has 0 bridgehead atoms. The lowest BCUT2D eigenvalue weighted by molar-refractivity contribution is -0.121. The highest BCUT2D eigenvalue weighted by Gasteiger charge is 2.32. The van der Waals surface area contributed by atoms with Gasteiger partial charge < -0.3 is 5.73 Å². The highest BCUT2D eigenvalue weighted by Crippen LogP contribution is 2.44. The largest absolute Gasteiger partial charge is 0.369 e. The summed E-state index contributed by atoms with van der Waals surface area (Å²) >= 11 is 5.96. The molecule has 1 atom stereocenters. The number of benzene rings is 1. The Hall–Kier alpha value is -1.28. The van der Waals surface area contributed by atoms with Crippen molar-refractivity contribution in [3.8, 4) is 0 Å². The number of hydrogen-bond donors (Lipinski definition) is 1. The molecule has 2 aliphatic carbocycles. The third-order valence-corrected chi connectivity index (χ3v) is 3.37. The van der Waals surface area contributed by atoms with Crippen molar-refractivity contribution in [2.75, 3.05) is 0 Å². The molecule has 0 saturated heterocycles. The number of rotatable bonds is 1. The van der Waals surface area contributed by atoms with Gasteiger partial charge in [0, 0.05) is 9.13 Å². The number of carbonyl (C=O) groups excluding carboxylic acids is 1. The van der Waals surface area contributed by atoms with Crippen molar-refractivity contribution >= 4 is 23.1 Å². The Labute approximate surface area is 112 Å². The molecule has 0 aliphatic heterocycles. The minimum atomic E-state index is -1.77. The summed E-state index contributed by atoms with van der Waals surface area (Å²) in [5.41, 5.74) is 6.52. The van der Waals surface area contributed by atoms with Crippen molar-refractivity contribution in [1.29, 1.82) is 0 Å². The van der Waals surface area contributed by atoms with Crippen molar-refractivity contribution in [2.24, 2.45) is 11.6 Å². The van der Waals surface area contributed by atoms with Crippen LogP contribution >= 0.6 is 11.6 Å². The summed E-state index contributed by atoms with van der Waals surface area (Å²) < 4.78 is 41.0. The molecular formula is C14H14ClNO. The molecule has 2 N–H and O–H groups in total. The standard InChI is InChI=1S/C14H14ClNO/c15-9-5-4-8-6-13-10(12(8)7-9)2-1-3-11(13)14(16)17/h4-5,7,11H,1-3,6H2,(H2,16,17)/i2D2,4D,7D,11D. The molecule has 17 heavy (non-hydrogen) atoms. The average Bonchev–Trinajstić information content (AvgIpc) is 2.84. The smallest absolute Gasteiger partial charge is 0.224 e. The van der Waals surface area contributed by atoms with Crippen molar-refractivity contribution in [1.82, 2.24) is 0 Å². The molecule has 3 rings (SSSR count). The van der Waals surface area contributed by atoms with E-state index in [9.17, 15) is 4.79 Å². The summed E-state index contributed by atoms with van der Waals surface area (Å²) in [5.74, 6) is -2.52. The van der Waals surface area contributed by atoms with E-state index in [4.69, 9.17) is 24.2 Å². The highest BCUT2D eigenvalue weighted by atomic mass is 35.5. The monoisotopic (exact) mass is 252 g/mol. The van der Waals surface area contributed by atoms with E-state index in [-0.39, 0.29) is 53.1 Å². The summed E-state index contributed by atoms with van der Waals surface area (Å²) in [4.78, 5) is 11.8. The summed E-state index contributed by atoms with van der Waals surface area (Å²) in [5, 5.41) is 0.0635. The molecule has 1 amide bonds. The van der Waals surface area contributed by atoms with Crippen LogP contribution in [-0.2, 0) is 11.2 Å². The van der Waals surface area contributed by atoms with Crippen LogP contribution in [-0.4, -0.2) is 5.91 Å². The number of halogens is 1. The predicted octanol–water partition coefficient (Wildman–Crippen LogP) is 2.94. The Bertz CT molecular complexity index is 745. The zero-order chi connectivity index (χ0) is 16.4. The van der Waals surface area contributed by atoms with Gasteiger partial charge in [0.2, 0.25) is 5.91 Å². The Morgan fingerprint density at radius 1 is 1.71 bits per heavy atom. The maximum Gasteiger partial charge on any atom is 0.224 e. The average molecular weight is 253 g/mol. The van der Waals surface area contributed by atoms with E-state index >= 15 is 0 Å². The maximum atomic E-state index is 11.8. The summed E-state index contributed by atoms with van der Waals surface area (Å²) in [7, 11) is 0. The van der Waals surface area contributed by atoms with Gasteiger partial charge in [-0.15, -0.1) is 0 Å². The fourth-order valence-corrected chi connectivity index (χ4v) is 2.56. The molecule has 2 nitrogen and oxygen atoms in total. The number of hydrogen-bond acceptors (Lipinski definition) is 1. The van der Waals surface area contributed by atoms with Crippen molar-refractivity contribution < 1.29 is 11.6 Å². The van der Waals surface area contributed by atoms with E-state index in [1.54, 1.807) is 0 Å². The van der Waals surface area contributed by atoms with Crippen LogP contribution in [0.5, 0.6) is 0 Å². The van der Waals surface area contributed by atoms with E-state index in [0.717, 1.165) is 0 Å². The minimum absolute atomic E-state index is 0.00342.